The van der Waals surface area contributed by atoms with E-state index in [1.54, 1.807) is 0 Å². The number of unbranched alkanes of at least 4 members (excludes halogenated alkanes) is 4. The van der Waals surface area contributed by atoms with Crippen molar-refractivity contribution < 1.29 is 18.9 Å². The van der Waals surface area contributed by atoms with E-state index in [0.29, 0.717) is 46.2 Å². The molecule has 0 atom stereocenters. The number of halogens is 1. The Bertz CT molecular complexity index is 375. The van der Waals surface area contributed by atoms with Crippen molar-refractivity contribution in [1.82, 2.24) is 0 Å². The number of benzene rings is 1. The number of alkyl halides is 1. The zero-order chi connectivity index (χ0) is 17.8. The molecule has 0 amide bonds. The first-order valence-electron chi connectivity index (χ1n) is 9.34. The molecule has 0 saturated heterocycles. The van der Waals surface area contributed by atoms with Crippen LogP contribution >= 0.6 is 22.6 Å². The third-order valence-electron chi connectivity index (χ3n) is 3.65. The molecule has 4 nitrogen and oxygen atoms in total. The molecule has 1 aromatic rings. The highest BCUT2D eigenvalue weighted by Crippen LogP contribution is 2.04. The largest absolute Gasteiger partial charge is 0.379 e. The van der Waals surface area contributed by atoms with E-state index >= 15 is 0 Å². The standard InChI is InChI=1S/C20H33IO4/c21-11-7-2-1-3-8-12-22-13-14-23-15-16-24-17-18-25-19-20-9-5-4-6-10-20/h4-6,9-10H,1-3,7-8,11-19H2. The van der Waals surface area contributed by atoms with Crippen LogP contribution in [-0.2, 0) is 25.6 Å². The summed E-state index contributed by atoms with van der Waals surface area (Å²) in [6, 6.07) is 10.2. The molecular formula is C20H33IO4. The molecule has 0 aliphatic rings. The fourth-order valence-electron chi connectivity index (χ4n) is 2.25. The van der Waals surface area contributed by atoms with Crippen molar-refractivity contribution in [3.8, 4) is 0 Å². The van der Waals surface area contributed by atoms with Crippen molar-refractivity contribution in [2.75, 3.05) is 50.7 Å². The highest BCUT2D eigenvalue weighted by atomic mass is 127. The summed E-state index contributed by atoms with van der Waals surface area (Å²) in [7, 11) is 0. The average molecular weight is 464 g/mol. The normalized spacial score (nSPS) is 11.1. The van der Waals surface area contributed by atoms with E-state index < -0.39 is 0 Å². The smallest absolute Gasteiger partial charge is 0.0718 e. The predicted molar refractivity (Wildman–Crippen MR) is 111 cm³/mol. The average Bonchev–Trinajstić information content (AvgIpc) is 2.65. The van der Waals surface area contributed by atoms with Crippen molar-refractivity contribution >= 4 is 22.6 Å². The van der Waals surface area contributed by atoms with Gasteiger partial charge in [-0.2, -0.15) is 0 Å². The summed E-state index contributed by atoms with van der Waals surface area (Å²) in [5.41, 5.74) is 1.19. The number of hydrogen-bond acceptors (Lipinski definition) is 4. The van der Waals surface area contributed by atoms with Crippen LogP contribution in [-0.4, -0.2) is 50.7 Å². The van der Waals surface area contributed by atoms with Gasteiger partial charge < -0.3 is 18.9 Å². The molecule has 1 aromatic carbocycles. The maximum atomic E-state index is 5.55. The van der Waals surface area contributed by atoms with E-state index in [9.17, 15) is 0 Å². The molecule has 0 radical (unpaired) electrons. The molecule has 0 N–H and O–H groups in total. The Kier molecular flexibility index (Phi) is 17.0. The lowest BCUT2D eigenvalue weighted by atomic mass is 10.2. The molecule has 25 heavy (non-hydrogen) atoms. The fraction of sp³-hybridized carbons (Fsp3) is 0.700. The van der Waals surface area contributed by atoms with Gasteiger partial charge in [-0.25, -0.2) is 0 Å². The third-order valence-corrected chi connectivity index (χ3v) is 4.41. The summed E-state index contributed by atoms with van der Waals surface area (Å²) in [4.78, 5) is 0. The van der Waals surface area contributed by atoms with Crippen LogP contribution < -0.4 is 0 Å². The lowest BCUT2D eigenvalue weighted by molar-refractivity contribution is -0.00440. The van der Waals surface area contributed by atoms with Gasteiger partial charge in [-0.15, -0.1) is 0 Å². The van der Waals surface area contributed by atoms with Crippen LogP contribution in [0.25, 0.3) is 0 Å². The monoisotopic (exact) mass is 464 g/mol. The van der Waals surface area contributed by atoms with Gasteiger partial charge in [0.25, 0.3) is 0 Å². The van der Waals surface area contributed by atoms with Crippen LogP contribution in [0.2, 0.25) is 0 Å². The SMILES string of the molecule is ICCCCCCCOCCOCCOCCOCc1ccccc1. The predicted octanol–water partition coefficient (Wildman–Crippen LogP) is 4.64. The van der Waals surface area contributed by atoms with Crippen LogP contribution in [0.15, 0.2) is 30.3 Å². The Morgan fingerprint density at radius 3 is 1.72 bits per heavy atom. The summed E-state index contributed by atoms with van der Waals surface area (Å²) < 4.78 is 23.3. The van der Waals surface area contributed by atoms with Gasteiger partial charge in [-0.3, -0.25) is 0 Å². The third kappa shape index (κ3) is 15.7. The quantitative estimate of drug-likeness (QED) is 0.180. The van der Waals surface area contributed by atoms with Crippen molar-refractivity contribution in [3.05, 3.63) is 35.9 Å². The summed E-state index contributed by atoms with van der Waals surface area (Å²) in [5, 5.41) is 0. The van der Waals surface area contributed by atoms with Gasteiger partial charge in [0.1, 0.15) is 0 Å². The van der Waals surface area contributed by atoms with Gasteiger partial charge in [0.15, 0.2) is 0 Å². The first-order valence-corrected chi connectivity index (χ1v) is 10.9. The Labute approximate surface area is 166 Å². The molecule has 0 saturated carbocycles. The van der Waals surface area contributed by atoms with Crippen LogP contribution in [0.3, 0.4) is 0 Å². The minimum absolute atomic E-state index is 0.601. The van der Waals surface area contributed by atoms with Crippen LogP contribution in [0.5, 0.6) is 0 Å². The second-order valence-electron chi connectivity index (χ2n) is 5.83. The molecule has 1 rings (SSSR count). The van der Waals surface area contributed by atoms with E-state index in [0.717, 1.165) is 13.0 Å². The van der Waals surface area contributed by atoms with Crippen LogP contribution in [0, 0.1) is 0 Å². The first-order chi connectivity index (χ1) is 12.4. The topological polar surface area (TPSA) is 36.9 Å². The van der Waals surface area contributed by atoms with Crippen molar-refractivity contribution in [2.24, 2.45) is 0 Å². The van der Waals surface area contributed by atoms with Gasteiger partial charge in [0.2, 0.25) is 0 Å². The Morgan fingerprint density at radius 2 is 1.08 bits per heavy atom. The Balaban J connectivity index is 1.69. The van der Waals surface area contributed by atoms with Crippen molar-refractivity contribution in [1.29, 1.82) is 0 Å². The molecule has 5 heteroatoms. The van der Waals surface area contributed by atoms with Gasteiger partial charge in [-0.05, 0) is 22.8 Å². The second kappa shape index (κ2) is 18.6. The minimum atomic E-state index is 0.601. The molecule has 0 heterocycles. The number of hydrogen-bond donors (Lipinski definition) is 0. The van der Waals surface area contributed by atoms with Gasteiger partial charge >= 0.3 is 0 Å². The second-order valence-corrected chi connectivity index (χ2v) is 6.91. The molecule has 0 aliphatic heterocycles. The van der Waals surface area contributed by atoms with E-state index in [2.05, 4.69) is 34.7 Å². The summed E-state index contributed by atoms with van der Waals surface area (Å²) in [6.45, 7) is 5.22. The molecule has 0 spiro atoms. The zero-order valence-corrected chi connectivity index (χ0v) is 17.5. The summed E-state index contributed by atoms with van der Waals surface area (Å²) in [6.07, 6.45) is 6.46. The van der Waals surface area contributed by atoms with Gasteiger partial charge in [-0.1, -0.05) is 72.2 Å². The van der Waals surface area contributed by atoms with Gasteiger partial charge in [0, 0.05) is 6.61 Å². The van der Waals surface area contributed by atoms with E-state index in [4.69, 9.17) is 18.9 Å². The lowest BCUT2D eigenvalue weighted by Gasteiger charge is -2.07. The van der Waals surface area contributed by atoms with Crippen molar-refractivity contribution in [3.63, 3.8) is 0 Å². The lowest BCUT2D eigenvalue weighted by Crippen LogP contribution is -2.12. The van der Waals surface area contributed by atoms with E-state index in [1.165, 1.54) is 35.7 Å². The number of ether oxygens (including phenoxy) is 4. The van der Waals surface area contributed by atoms with E-state index in [1.807, 2.05) is 18.2 Å². The highest BCUT2D eigenvalue weighted by Gasteiger charge is 1.95. The maximum absolute atomic E-state index is 5.55. The fourth-order valence-corrected chi connectivity index (χ4v) is 2.79. The first kappa shape index (κ1) is 22.8. The summed E-state index contributed by atoms with van der Waals surface area (Å²) >= 11 is 2.44. The number of rotatable bonds is 18. The molecule has 144 valence electrons. The maximum Gasteiger partial charge on any atom is 0.0718 e. The molecule has 0 unspecified atom stereocenters. The van der Waals surface area contributed by atoms with Gasteiger partial charge in [0.05, 0.1) is 46.2 Å². The van der Waals surface area contributed by atoms with Crippen LogP contribution in [0.4, 0.5) is 0 Å². The minimum Gasteiger partial charge on any atom is -0.379 e. The highest BCUT2D eigenvalue weighted by molar-refractivity contribution is 14.1. The molecule has 0 aromatic heterocycles. The van der Waals surface area contributed by atoms with Crippen LogP contribution in [0.1, 0.15) is 37.7 Å². The Hall–Kier alpha value is -0.210. The summed E-state index contributed by atoms with van der Waals surface area (Å²) in [5.74, 6) is 0. The zero-order valence-electron chi connectivity index (χ0n) is 15.3. The molecule has 0 aliphatic carbocycles. The Morgan fingerprint density at radius 1 is 0.560 bits per heavy atom. The van der Waals surface area contributed by atoms with Crippen molar-refractivity contribution in [2.45, 2.75) is 38.7 Å². The molecule has 0 fully saturated rings. The van der Waals surface area contributed by atoms with E-state index in [-0.39, 0.29) is 0 Å². The molecular weight excluding hydrogens is 431 g/mol. The molecule has 0 bridgehead atoms.